The molecule has 8 nitrogen and oxygen atoms in total. The monoisotopic (exact) mass is 444 g/mol. The van der Waals surface area contributed by atoms with Crippen LogP contribution in [0, 0.1) is 20.8 Å². The zero-order chi connectivity index (χ0) is 23.7. The molecule has 1 fully saturated rings. The highest BCUT2D eigenvalue weighted by Crippen LogP contribution is 2.25. The molecule has 0 bridgehead atoms. The maximum Gasteiger partial charge on any atom is 0.329 e. The van der Waals surface area contributed by atoms with E-state index in [1.165, 1.54) is 0 Å². The van der Waals surface area contributed by atoms with Crippen molar-refractivity contribution in [3.63, 3.8) is 0 Å². The quantitative estimate of drug-likeness (QED) is 0.413. The van der Waals surface area contributed by atoms with Gasteiger partial charge in [0.25, 0.3) is 5.91 Å². The predicted molar refractivity (Wildman–Crippen MR) is 125 cm³/mol. The summed E-state index contributed by atoms with van der Waals surface area (Å²) < 4.78 is 1.99. The minimum atomic E-state index is -0.641. The second-order valence-electron chi connectivity index (χ2n) is 7.98. The molecule has 0 spiro atoms. The molecule has 2 heterocycles. The largest absolute Gasteiger partial charge is 0.508 e. The number of amides is 4. The summed E-state index contributed by atoms with van der Waals surface area (Å²) in [6, 6.07) is 15.3. The number of aromatic hydroxyl groups is 1. The Hall–Kier alpha value is -4.33. The van der Waals surface area contributed by atoms with Crippen molar-refractivity contribution in [3.8, 4) is 11.4 Å². The molecule has 1 saturated heterocycles. The topological polar surface area (TPSA) is 104 Å². The van der Waals surface area contributed by atoms with E-state index in [4.69, 9.17) is 0 Å². The maximum atomic E-state index is 12.8. The van der Waals surface area contributed by atoms with Crippen LogP contribution in [-0.2, 0) is 9.59 Å². The molecule has 4 amide bonds. The normalized spacial score (nSPS) is 14.6. The number of hydrogen-bond acceptors (Lipinski definition) is 4. The summed E-state index contributed by atoms with van der Waals surface area (Å²) in [7, 11) is 0. The van der Waals surface area contributed by atoms with E-state index >= 15 is 0 Å². The zero-order valence-corrected chi connectivity index (χ0v) is 18.5. The molecule has 3 N–H and O–H groups in total. The van der Waals surface area contributed by atoms with Crippen LogP contribution in [0.4, 0.5) is 10.5 Å². The third-order valence-electron chi connectivity index (χ3n) is 5.44. The molecular formula is C25H24N4O4. The first-order valence-electron chi connectivity index (χ1n) is 10.4. The predicted octanol–water partition coefficient (Wildman–Crippen LogP) is 3.64. The Morgan fingerprint density at radius 2 is 1.79 bits per heavy atom. The van der Waals surface area contributed by atoms with Crippen LogP contribution in [0.3, 0.4) is 0 Å². The van der Waals surface area contributed by atoms with Gasteiger partial charge < -0.3 is 20.3 Å². The van der Waals surface area contributed by atoms with Gasteiger partial charge in [0.2, 0.25) is 5.91 Å². The van der Waals surface area contributed by atoms with Crippen molar-refractivity contribution in [2.24, 2.45) is 0 Å². The fraction of sp³-hybridized carbons (Fsp3) is 0.160. The Morgan fingerprint density at radius 1 is 1.06 bits per heavy atom. The van der Waals surface area contributed by atoms with E-state index in [0.717, 1.165) is 33.1 Å². The van der Waals surface area contributed by atoms with Gasteiger partial charge in [-0.1, -0.05) is 12.1 Å². The second-order valence-corrected chi connectivity index (χ2v) is 7.98. The van der Waals surface area contributed by atoms with Crippen LogP contribution >= 0.6 is 0 Å². The van der Waals surface area contributed by atoms with Gasteiger partial charge in [-0.15, -0.1) is 0 Å². The van der Waals surface area contributed by atoms with Crippen LogP contribution < -0.4 is 10.6 Å². The molecule has 0 unspecified atom stereocenters. The van der Waals surface area contributed by atoms with E-state index in [-0.39, 0.29) is 18.0 Å². The molecule has 33 heavy (non-hydrogen) atoms. The van der Waals surface area contributed by atoms with Gasteiger partial charge in [0.05, 0.1) is 0 Å². The summed E-state index contributed by atoms with van der Waals surface area (Å²) in [5.74, 6) is -0.848. The molecule has 8 heteroatoms. The number of benzene rings is 2. The third-order valence-corrected chi connectivity index (χ3v) is 5.44. The van der Waals surface area contributed by atoms with Gasteiger partial charge in [-0.25, -0.2) is 9.69 Å². The van der Waals surface area contributed by atoms with Crippen LogP contribution in [0.2, 0.25) is 0 Å². The number of nitrogens with zero attached hydrogens (tertiary/aromatic N) is 2. The van der Waals surface area contributed by atoms with Crippen molar-refractivity contribution in [3.05, 3.63) is 82.8 Å². The lowest BCUT2D eigenvalue weighted by Gasteiger charge is -2.12. The molecule has 0 aliphatic carbocycles. The Bertz CT molecular complexity index is 1290. The summed E-state index contributed by atoms with van der Waals surface area (Å²) in [5, 5.41) is 14.8. The minimum absolute atomic E-state index is 0.106. The van der Waals surface area contributed by atoms with Gasteiger partial charge in [-0.2, -0.15) is 0 Å². The van der Waals surface area contributed by atoms with Crippen molar-refractivity contribution in [2.45, 2.75) is 20.8 Å². The van der Waals surface area contributed by atoms with E-state index in [1.54, 1.807) is 42.5 Å². The molecule has 1 aliphatic heterocycles. The van der Waals surface area contributed by atoms with E-state index in [0.29, 0.717) is 5.69 Å². The molecule has 1 aromatic heterocycles. The highest BCUT2D eigenvalue weighted by Gasteiger charge is 2.35. The lowest BCUT2D eigenvalue weighted by Crippen LogP contribution is -2.38. The number of hydrogen-bond donors (Lipinski definition) is 3. The zero-order valence-electron chi connectivity index (χ0n) is 18.5. The highest BCUT2D eigenvalue weighted by atomic mass is 16.3. The standard InChI is InChI=1S/C25H24N4O4/c1-15-5-4-6-19(11-15)26-23(31)14-28-24(32)22(27-25(28)33)13-18-12-16(2)29(17(18)3)20-7-9-21(30)10-8-20/h4-13,30H,14H2,1-3H3,(H,26,31)(H,27,33). The van der Waals surface area contributed by atoms with E-state index in [9.17, 15) is 19.5 Å². The molecule has 2 aromatic carbocycles. The summed E-state index contributed by atoms with van der Waals surface area (Å²) in [5.41, 5.74) is 5.11. The van der Waals surface area contributed by atoms with E-state index in [2.05, 4.69) is 10.6 Å². The van der Waals surface area contributed by atoms with Crippen molar-refractivity contribution in [2.75, 3.05) is 11.9 Å². The fourth-order valence-electron chi connectivity index (χ4n) is 3.87. The summed E-state index contributed by atoms with van der Waals surface area (Å²) in [6.07, 6.45) is 1.61. The average molecular weight is 444 g/mol. The van der Waals surface area contributed by atoms with Crippen molar-refractivity contribution < 1.29 is 19.5 Å². The Balaban J connectivity index is 1.53. The molecule has 0 saturated carbocycles. The summed E-state index contributed by atoms with van der Waals surface area (Å²) in [6.45, 7) is 5.35. The second kappa shape index (κ2) is 8.66. The Morgan fingerprint density at radius 3 is 2.48 bits per heavy atom. The number of imide groups is 1. The van der Waals surface area contributed by atoms with Crippen molar-refractivity contribution in [1.29, 1.82) is 0 Å². The number of nitrogens with one attached hydrogen (secondary N) is 2. The number of urea groups is 1. The van der Waals surface area contributed by atoms with Gasteiger partial charge in [0.15, 0.2) is 0 Å². The average Bonchev–Trinajstić information content (AvgIpc) is 3.18. The van der Waals surface area contributed by atoms with Crippen molar-refractivity contribution in [1.82, 2.24) is 14.8 Å². The molecular weight excluding hydrogens is 420 g/mol. The van der Waals surface area contributed by atoms with Gasteiger partial charge in [-0.3, -0.25) is 9.59 Å². The Labute approximate surface area is 191 Å². The lowest BCUT2D eigenvalue weighted by molar-refractivity contribution is -0.127. The lowest BCUT2D eigenvalue weighted by atomic mass is 10.2. The van der Waals surface area contributed by atoms with E-state index in [1.807, 2.05) is 43.5 Å². The number of anilines is 1. The van der Waals surface area contributed by atoms with Crippen LogP contribution in [0.1, 0.15) is 22.5 Å². The minimum Gasteiger partial charge on any atom is -0.508 e. The van der Waals surface area contributed by atoms with Crippen LogP contribution in [0.5, 0.6) is 5.75 Å². The number of carbonyl (C=O) groups excluding carboxylic acids is 3. The maximum absolute atomic E-state index is 12.8. The van der Waals surface area contributed by atoms with Crippen LogP contribution in [0.15, 0.2) is 60.3 Å². The summed E-state index contributed by atoms with van der Waals surface area (Å²) >= 11 is 0. The molecule has 0 radical (unpaired) electrons. The van der Waals surface area contributed by atoms with Gasteiger partial charge >= 0.3 is 6.03 Å². The number of aromatic nitrogens is 1. The molecule has 3 aromatic rings. The molecule has 0 atom stereocenters. The first-order chi connectivity index (χ1) is 15.7. The third kappa shape index (κ3) is 4.50. The SMILES string of the molecule is Cc1cccc(NC(=O)CN2C(=O)NC(=Cc3cc(C)n(-c4ccc(O)cc4)c3C)C2=O)c1. The van der Waals surface area contributed by atoms with Crippen molar-refractivity contribution >= 4 is 29.6 Å². The molecule has 4 rings (SSSR count). The van der Waals surface area contributed by atoms with Gasteiger partial charge in [0.1, 0.15) is 18.0 Å². The number of aryl methyl sites for hydroxylation is 2. The number of rotatable bonds is 5. The first kappa shape index (κ1) is 21.9. The fourth-order valence-corrected chi connectivity index (χ4v) is 3.87. The number of phenolic OH excluding ortho intramolecular Hbond substituents is 1. The summed E-state index contributed by atoms with van der Waals surface area (Å²) in [4.78, 5) is 38.5. The number of phenols is 1. The smallest absolute Gasteiger partial charge is 0.329 e. The molecule has 1 aliphatic rings. The van der Waals surface area contributed by atoms with Gasteiger partial charge in [0, 0.05) is 22.8 Å². The van der Waals surface area contributed by atoms with Gasteiger partial charge in [-0.05, 0) is 80.4 Å². The number of carbonyl (C=O) groups is 3. The molecule has 168 valence electrons. The van der Waals surface area contributed by atoms with Crippen LogP contribution in [-0.4, -0.2) is 39.0 Å². The highest BCUT2D eigenvalue weighted by molar-refractivity contribution is 6.16. The Kier molecular flexibility index (Phi) is 5.74. The first-order valence-corrected chi connectivity index (χ1v) is 10.4. The van der Waals surface area contributed by atoms with E-state index < -0.39 is 17.8 Å². The van der Waals surface area contributed by atoms with Crippen LogP contribution in [0.25, 0.3) is 11.8 Å².